The fourth-order valence-electron chi connectivity index (χ4n) is 4.86. The predicted molar refractivity (Wildman–Crippen MR) is 211 cm³/mol. The van der Waals surface area contributed by atoms with Gasteiger partial charge in [-0.05, 0) is 89.1 Å². The highest BCUT2D eigenvalue weighted by Gasteiger charge is 2.18. The monoisotopic (exact) mass is 863 g/mol. The van der Waals surface area contributed by atoms with Crippen molar-refractivity contribution in [1.29, 1.82) is 0 Å². The second kappa shape index (κ2) is 28.4. The van der Waals surface area contributed by atoms with Gasteiger partial charge in [-0.2, -0.15) is 0 Å². The summed E-state index contributed by atoms with van der Waals surface area (Å²) < 4.78 is 1.58. The van der Waals surface area contributed by atoms with Crippen LogP contribution in [-0.2, 0) is 33.6 Å². The van der Waals surface area contributed by atoms with Crippen LogP contribution in [0.3, 0.4) is 0 Å². The number of rotatable bonds is 27. The fourth-order valence-corrected chi connectivity index (χ4v) is 5.66. The third-order valence-electron chi connectivity index (χ3n) is 7.97. The van der Waals surface area contributed by atoms with Gasteiger partial charge in [0.2, 0.25) is 29.5 Å². The van der Waals surface area contributed by atoms with Crippen molar-refractivity contribution < 1.29 is 38.9 Å². The largest absolute Gasteiger partial charge is 0.362 e. The number of nitrogens with one attached hydrogen (secondary N) is 3. The minimum Gasteiger partial charge on any atom is -0.362 e. The molecule has 0 atom stereocenters. The number of nitrogens with zero attached hydrogens (tertiary/aromatic N) is 4. The molecule has 4 N–H and O–H groups in total. The highest BCUT2D eigenvalue weighted by atomic mass is 127. The van der Waals surface area contributed by atoms with E-state index in [1.807, 2.05) is 54.1 Å². The van der Waals surface area contributed by atoms with Crippen molar-refractivity contribution in [2.45, 2.75) is 97.3 Å². The van der Waals surface area contributed by atoms with Gasteiger partial charge in [0, 0.05) is 77.6 Å². The van der Waals surface area contributed by atoms with Gasteiger partial charge < -0.3 is 16.0 Å². The first kappa shape index (κ1) is 46.9. The van der Waals surface area contributed by atoms with Gasteiger partial charge in [0.15, 0.2) is 5.11 Å². The number of hydrogen-bond donors (Lipinski definition) is 4. The predicted octanol–water partition coefficient (Wildman–Crippen LogP) is 4.67. The van der Waals surface area contributed by atoms with Crippen molar-refractivity contribution in [2.75, 3.05) is 58.8 Å². The van der Waals surface area contributed by atoms with Crippen molar-refractivity contribution in [2.24, 2.45) is 0 Å². The van der Waals surface area contributed by atoms with E-state index in [1.165, 1.54) is 36.8 Å². The second-order valence-electron chi connectivity index (χ2n) is 12.3. The molecule has 294 valence electrons. The summed E-state index contributed by atoms with van der Waals surface area (Å²) in [6.45, 7) is 6.05. The molecule has 0 saturated carbocycles. The summed E-state index contributed by atoms with van der Waals surface area (Å²) in [5, 5.41) is 22.3. The molecule has 0 aliphatic rings. The summed E-state index contributed by atoms with van der Waals surface area (Å²) in [5.41, 5.74) is 2.12. The molecule has 1 aromatic rings. The van der Waals surface area contributed by atoms with Crippen molar-refractivity contribution in [3.63, 3.8) is 0 Å². The SMILES string of the molecule is CON(CCCCCN(I)C(=O)CCC(=O)N(CCCCCNC(=S)Nc1ccc(C)cc1)OC)C(=O)CCC(=O)NCCCCCN(O)C(C)=O. The topological polar surface area (TPSA) is 173 Å². The zero-order chi connectivity index (χ0) is 38.7. The lowest BCUT2D eigenvalue weighted by Gasteiger charge is -2.21. The van der Waals surface area contributed by atoms with Gasteiger partial charge >= 0.3 is 0 Å². The van der Waals surface area contributed by atoms with Crippen LogP contribution >= 0.6 is 35.1 Å². The van der Waals surface area contributed by atoms with Crippen LogP contribution in [0.15, 0.2) is 24.3 Å². The van der Waals surface area contributed by atoms with Crippen LogP contribution in [0.25, 0.3) is 0 Å². The van der Waals surface area contributed by atoms with Crippen LogP contribution in [0.1, 0.15) is 96.0 Å². The smallest absolute Gasteiger partial charge is 0.246 e. The van der Waals surface area contributed by atoms with E-state index in [0.29, 0.717) is 68.6 Å². The zero-order valence-electron chi connectivity index (χ0n) is 31.1. The van der Waals surface area contributed by atoms with Crippen molar-refractivity contribution in [3.8, 4) is 0 Å². The lowest BCUT2D eigenvalue weighted by Crippen LogP contribution is -2.33. The first-order valence-electron chi connectivity index (χ1n) is 17.9. The number of halogens is 1. The number of aryl methyl sites for hydroxylation is 1. The number of anilines is 1. The van der Waals surface area contributed by atoms with Crippen LogP contribution in [0.4, 0.5) is 5.69 Å². The highest BCUT2D eigenvalue weighted by molar-refractivity contribution is 14.1. The van der Waals surface area contributed by atoms with Gasteiger partial charge in [-0.15, -0.1) is 0 Å². The van der Waals surface area contributed by atoms with Crippen LogP contribution < -0.4 is 16.0 Å². The van der Waals surface area contributed by atoms with Crippen molar-refractivity contribution in [1.82, 2.24) is 28.9 Å². The Bertz CT molecular complexity index is 1240. The van der Waals surface area contributed by atoms with Gasteiger partial charge in [0.05, 0.1) is 37.1 Å². The number of benzene rings is 1. The van der Waals surface area contributed by atoms with Gasteiger partial charge in [0.1, 0.15) is 0 Å². The molecule has 0 radical (unpaired) electrons. The van der Waals surface area contributed by atoms with Gasteiger partial charge in [-0.3, -0.25) is 42.0 Å². The Morgan fingerprint density at radius 3 is 1.73 bits per heavy atom. The van der Waals surface area contributed by atoms with E-state index in [0.717, 1.165) is 37.8 Å². The molecular formula is C35H58IN7O8S. The molecule has 52 heavy (non-hydrogen) atoms. The van der Waals surface area contributed by atoms with E-state index in [-0.39, 0.29) is 55.9 Å². The summed E-state index contributed by atoms with van der Waals surface area (Å²) in [4.78, 5) is 71.3. The third-order valence-corrected chi connectivity index (χ3v) is 9.23. The molecule has 0 aliphatic carbocycles. The van der Waals surface area contributed by atoms with E-state index < -0.39 is 5.91 Å². The quantitative estimate of drug-likeness (QED) is 0.0242. The van der Waals surface area contributed by atoms with E-state index in [9.17, 15) is 29.2 Å². The Hall–Kier alpha value is -3.13. The molecule has 0 heterocycles. The molecule has 5 amide bonds. The summed E-state index contributed by atoms with van der Waals surface area (Å²) in [7, 11) is 2.87. The zero-order valence-corrected chi connectivity index (χ0v) is 34.1. The van der Waals surface area contributed by atoms with E-state index in [2.05, 4.69) is 16.0 Å². The van der Waals surface area contributed by atoms with Crippen LogP contribution in [0, 0.1) is 6.92 Å². The van der Waals surface area contributed by atoms with Crippen molar-refractivity contribution in [3.05, 3.63) is 29.8 Å². The highest BCUT2D eigenvalue weighted by Crippen LogP contribution is 2.12. The molecule has 0 bridgehead atoms. The Balaban J connectivity index is 2.15. The van der Waals surface area contributed by atoms with Gasteiger partial charge in [-0.1, -0.05) is 17.7 Å². The summed E-state index contributed by atoms with van der Waals surface area (Å²) in [6.07, 6.45) is 6.91. The standard InChI is InChI=1S/C35H58IN7O8S/c1-28-14-16-30(17-15-28)39-35(52)38-23-9-6-12-26-43(51-4)34(48)21-20-32(46)40(36)24-10-7-13-27-42(50-3)33(47)19-18-31(45)37-22-8-5-11-25-41(49)29(2)44/h14-17,49H,5-13,18-27H2,1-4H3,(H,37,45)(H2,38,39,52). The van der Waals surface area contributed by atoms with Crippen molar-refractivity contribution >= 4 is 75.4 Å². The fraction of sp³-hybridized carbons (Fsp3) is 0.657. The number of unbranched alkanes of at least 4 members (excludes halogenated alkanes) is 6. The Labute approximate surface area is 327 Å². The Morgan fingerprint density at radius 1 is 0.692 bits per heavy atom. The minimum absolute atomic E-state index is 0.0207. The number of thiocarbonyl (C=S) groups is 1. The molecule has 0 aliphatic heterocycles. The molecule has 1 rings (SSSR count). The number of carbonyl (C=O) groups excluding carboxylic acids is 5. The van der Waals surface area contributed by atoms with Gasteiger partial charge in [0.25, 0.3) is 0 Å². The number of carbonyl (C=O) groups is 5. The maximum absolute atomic E-state index is 12.7. The van der Waals surface area contributed by atoms with Crippen LogP contribution in [0.2, 0.25) is 0 Å². The molecule has 17 heteroatoms. The number of hydroxylamine groups is 6. The third kappa shape index (κ3) is 22.1. The summed E-state index contributed by atoms with van der Waals surface area (Å²) >= 11 is 7.31. The average molecular weight is 864 g/mol. The molecule has 0 saturated heterocycles. The maximum Gasteiger partial charge on any atom is 0.246 e. The molecule has 0 fully saturated rings. The van der Waals surface area contributed by atoms with E-state index in [1.54, 1.807) is 3.11 Å². The Morgan fingerprint density at radius 2 is 1.17 bits per heavy atom. The maximum atomic E-state index is 12.7. The molecule has 1 aromatic carbocycles. The number of amides is 5. The number of hydrogen-bond acceptors (Lipinski definition) is 9. The van der Waals surface area contributed by atoms with Gasteiger partial charge in [-0.25, -0.2) is 15.2 Å². The first-order chi connectivity index (χ1) is 24.9. The Kier molecular flexibility index (Phi) is 25.6. The molecular weight excluding hydrogens is 805 g/mol. The molecule has 0 spiro atoms. The van der Waals surface area contributed by atoms with E-state index in [4.69, 9.17) is 21.9 Å². The average Bonchev–Trinajstić information content (AvgIpc) is 3.12. The van der Waals surface area contributed by atoms with Crippen LogP contribution in [0.5, 0.6) is 0 Å². The summed E-state index contributed by atoms with van der Waals surface area (Å²) in [6, 6.07) is 7.99. The van der Waals surface area contributed by atoms with Crippen LogP contribution in [-0.4, -0.2) is 112 Å². The lowest BCUT2D eigenvalue weighted by molar-refractivity contribution is -0.177. The first-order valence-corrected chi connectivity index (χ1v) is 19.3. The van der Waals surface area contributed by atoms with E-state index >= 15 is 0 Å². The second-order valence-corrected chi connectivity index (χ2v) is 13.8. The molecule has 15 nitrogen and oxygen atoms in total. The molecule has 0 unspecified atom stereocenters. The lowest BCUT2D eigenvalue weighted by atomic mass is 10.2. The summed E-state index contributed by atoms with van der Waals surface area (Å²) in [5.74, 6) is -1.29. The minimum atomic E-state index is -0.406. The molecule has 0 aromatic heterocycles. The normalized spacial score (nSPS) is 10.7.